The van der Waals surface area contributed by atoms with Crippen molar-refractivity contribution < 1.29 is 0 Å². The molecule has 0 aromatic carbocycles. The third-order valence-corrected chi connectivity index (χ3v) is 2.14. The molecular weight excluding hydrogens is 144 g/mol. The maximum atomic E-state index is 2.28. The molecular formula is C12H22. The minimum Gasteiger partial charge on any atom is -0.0874 e. The van der Waals surface area contributed by atoms with Crippen molar-refractivity contribution in [2.75, 3.05) is 0 Å². The van der Waals surface area contributed by atoms with E-state index in [2.05, 4.69) is 46.8 Å². The zero-order valence-electron chi connectivity index (χ0n) is 9.15. The van der Waals surface area contributed by atoms with Crippen LogP contribution in [-0.2, 0) is 0 Å². The van der Waals surface area contributed by atoms with E-state index in [0.717, 1.165) is 0 Å². The van der Waals surface area contributed by atoms with E-state index >= 15 is 0 Å². The van der Waals surface area contributed by atoms with Gasteiger partial charge in [0.1, 0.15) is 0 Å². The van der Waals surface area contributed by atoms with Crippen LogP contribution < -0.4 is 0 Å². The van der Waals surface area contributed by atoms with E-state index in [-0.39, 0.29) is 0 Å². The summed E-state index contributed by atoms with van der Waals surface area (Å²) in [6.45, 7) is 11.1. The van der Waals surface area contributed by atoms with Crippen LogP contribution in [0.15, 0.2) is 23.3 Å². The Balaban J connectivity index is 4.54. The lowest BCUT2D eigenvalue weighted by Gasteiger charge is -2.12. The third-order valence-electron chi connectivity index (χ3n) is 2.14. The zero-order valence-corrected chi connectivity index (χ0v) is 9.15. The van der Waals surface area contributed by atoms with Gasteiger partial charge in [-0.05, 0) is 26.2 Å². The first-order valence-electron chi connectivity index (χ1n) is 4.95. The highest BCUT2D eigenvalue weighted by molar-refractivity contribution is 5.24. The molecule has 0 heterocycles. The molecule has 0 atom stereocenters. The maximum absolute atomic E-state index is 2.28. The summed E-state index contributed by atoms with van der Waals surface area (Å²) in [7, 11) is 0. The Hall–Kier alpha value is -0.520. The molecule has 0 aromatic rings. The summed E-state index contributed by atoms with van der Waals surface area (Å²) in [5, 5.41) is 0. The predicted octanol–water partition coefficient (Wildman–Crippen LogP) is 4.34. The van der Waals surface area contributed by atoms with Gasteiger partial charge in [0, 0.05) is 0 Å². The summed E-state index contributed by atoms with van der Waals surface area (Å²) in [5.41, 5.74) is 3.06. The molecule has 0 aliphatic carbocycles. The van der Waals surface area contributed by atoms with Gasteiger partial charge in [0.25, 0.3) is 0 Å². The molecule has 0 aliphatic rings. The molecule has 0 rings (SSSR count). The molecule has 0 spiro atoms. The summed E-state index contributed by atoms with van der Waals surface area (Å²) in [6.07, 6.45) is 6.83. The van der Waals surface area contributed by atoms with Crippen LogP contribution in [0.25, 0.3) is 0 Å². The van der Waals surface area contributed by atoms with E-state index in [9.17, 15) is 0 Å². The van der Waals surface area contributed by atoms with Gasteiger partial charge in [-0.1, -0.05) is 50.5 Å². The standard InChI is InChI=1S/C12H22/c1-6-8-11(5)12(9-7-2)10(3)4/h6,8,10H,7,9H2,1-5H3/b8-6-,12-11+. The second kappa shape index (κ2) is 6.05. The zero-order chi connectivity index (χ0) is 9.56. The van der Waals surface area contributed by atoms with Gasteiger partial charge < -0.3 is 0 Å². The van der Waals surface area contributed by atoms with Gasteiger partial charge in [-0.25, -0.2) is 0 Å². The molecule has 0 saturated carbocycles. The van der Waals surface area contributed by atoms with Crippen LogP contribution in [0.3, 0.4) is 0 Å². The lowest BCUT2D eigenvalue weighted by molar-refractivity contribution is 0.693. The molecule has 0 saturated heterocycles. The van der Waals surface area contributed by atoms with E-state index in [1.807, 2.05) is 0 Å². The van der Waals surface area contributed by atoms with Crippen LogP contribution in [-0.4, -0.2) is 0 Å². The van der Waals surface area contributed by atoms with Crippen LogP contribution in [0.2, 0.25) is 0 Å². The van der Waals surface area contributed by atoms with Gasteiger partial charge in [-0.15, -0.1) is 0 Å². The van der Waals surface area contributed by atoms with Gasteiger partial charge in [0.2, 0.25) is 0 Å². The number of rotatable bonds is 4. The molecule has 0 unspecified atom stereocenters. The van der Waals surface area contributed by atoms with Crippen LogP contribution in [0.5, 0.6) is 0 Å². The van der Waals surface area contributed by atoms with Crippen molar-refractivity contribution in [3.8, 4) is 0 Å². The van der Waals surface area contributed by atoms with Gasteiger partial charge in [0.05, 0.1) is 0 Å². The van der Waals surface area contributed by atoms with Crippen molar-refractivity contribution in [1.29, 1.82) is 0 Å². The van der Waals surface area contributed by atoms with E-state index in [0.29, 0.717) is 5.92 Å². The Kier molecular flexibility index (Phi) is 5.79. The smallest absolute Gasteiger partial charge is 0.0254 e. The number of hydrogen-bond donors (Lipinski definition) is 0. The Morgan fingerprint density at radius 3 is 2.25 bits per heavy atom. The Labute approximate surface area is 77.4 Å². The average molecular weight is 166 g/mol. The van der Waals surface area contributed by atoms with Crippen molar-refractivity contribution >= 4 is 0 Å². The molecule has 70 valence electrons. The second-order valence-corrected chi connectivity index (χ2v) is 3.61. The Morgan fingerprint density at radius 2 is 1.92 bits per heavy atom. The van der Waals surface area contributed by atoms with Gasteiger partial charge in [-0.3, -0.25) is 0 Å². The maximum Gasteiger partial charge on any atom is -0.0254 e. The lowest BCUT2D eigenvalue weighted by Crippen LogP contribution is -1.96. The molecule has 0 radical (unpaired) electrons. The fourth-order valence-corrected chi connectivity index (χ4v) is 1.57. The van der Waals surface area contributed by atoms with Crippen molar-refractivity contribution in [2.24, 2.45) is 5.92 Å². The van der Waals surface area contributed by atoms with E-state index in [1.54, 1.807) is 5.57 Å². The fraction of sp³-hybridized carbons (Fsp3) is 0.667. The molecule has 0 aliphatic heterocycles. The topological polar surface area (TPSA) is 0 Å². The Bertz CT molecular complexity index is 170. The van der Waals surface area contributed by atoms with Crippen molar-refractivity contribution in [1.82, 2.24) is 0 Å². The summed E-state index contributed by atoms with van der Waals surface area (Å²) in [5.74, 6) is 0.696. The molecule has 0 aromatic heterocycles. The van der Waals surface area contributed by atoms with Crippen LogP contribution in [0.1, 0.15) is 47.5 Å². The largest absolute Gasteiger partial charge is 0.0874 e. The predicted molar refractivity (Wildman–Crippen MR) is 57.3 cm³/mol. The second-order valence-electron chi connectivity index (χ2n) is 3.61. The van der Waals surface area contributed by atoms with Gasteiger partial charge in [-0.2, -0.15) is 0 Å². The highest BCUT2D eigenvalue weighted by Gasteiger charge is 2.03. The van der Waals surface area contributed by atoms with Gasteiger partial charge >= 0.3 is 0 Å². The monoisotopic (exact) mass is 166 g/mol. The summed E-state index contributed by atoms with van der Waals surface area (Å²) < 4.78 is 0. The third kappa shape index (κ3) is 3.75. The summed E-state index contributed by atoms with van der Waals surface area (Å²) in [4.78, 5) is 0. The molecule has 0 N–H and O–H groups in total. The summed E-state index contributed by atoms with van der Waals surface area (Å²) in [6, 6.07) is 0. The van der Waals surface area contributed by atoms with E-state index < -0.39 is 0 Å². The molecule has 0 amide bonds. The van der Waals surface area contributed by atoms with Crippen molar-refractivity contribution in [3.05, 3.63) is 23.3 Å². The molecule has 12 heavy (non-hydrogen) atoms. The summed E-state index contributed by atoms with van der Waals surface area (Å²) >= 11 is 0. The Morgan fingerprint density at radius 1 is 1.33 bits per heavy atom. The normalized spacial score (nSPS) is 14.2. The van der Waals surface area contributed by atoms with Crippen LogP contribution in [0, 0.1) is 5.92 Å². The average Bonchev–Trinajstić information content (AvgIpc) is 1.99. The van der Waals surface area contributed by atoms with E-state index in [4.69, 9.17) is 0 Å². The van der Waals surface area contributed by atoms with Crippen molar-refractivity contribution in [2.45, 2.75) is 47.5 Å². The fourth-order valence-electron chi connectivity index (χ4n) is 1.57. The van der Waals surface area contributed by atoms with Crippen LogP contribution >= 0.6 is 0 Å². The first-order chi connectivity index (χ1) is 5.63. The number of allylic oxidation sites excluding steroid dienone is 4. The van der Waals surface area contributed by atoms with E-state index in [1.165, 1.54) is 18.4 Å². The highest BCUT2D eigenvalue weighted by atomic mass is 14.1. The van der Waals surface area contributed by atoms with Crippen LogP contribution in [0.4, 0.5) is 0 Å². The van der Waals surface area contributed by atoms with Gasteiger partial charge in [0.15, 0.2) is 0 Å². The molecule has 0 nitrogen and oxygen atoms in total. The molecule has 0 fully saturated rings. The number of hydrogen-bond acceptors (Lipinski definition) is 0. The van der Waals surface area contributed by atoms with Crippen molar-refractivity contribution in [3.63, 3.8) is 0 Å². The molecule has 0 bridgehead atoms. The first-order valence-corrected chi connectivity index (χ1v) is 4.95. The first kappa shape index (κ1) is 11.5. The lowest BCUT2D eigenvalue weighted by atomic mass is 9.94. The highest BCUT2D eigenvalue weighted by Crippen LogP contribution is 2.20. The quantitative estimate of drug-likeness (QED) is 0.545. The minimum absolute atomic E-state index is 0.696. The molecule has 0 heteroatoms. The SMILES string of the molecule is C/C=C\C(C)=C(/CCC)C(C)C. The minimum atomic E-state index is 0.696.